The lowest BCUT2D eigenvalue weighted by atomic mass is 9.93. The number of hydrogen-bond donors (Lipinski definition) is 3. The minimum Gasteiger partial charge on any atom is -0.444 e. The number of piperidine rings is 1. The molecule has 5 heterocycles. The zero-order valence-electron chi connectivity index (χ0n) is 28.9. The van der Waals surface area contributed by atoms with Gasteiger partial charge in [-0.2, -0.15) is 13.2 Å². The quantitative estimate of drug-likeness (QED) is 0.229. The normalized spacial score (nSPS) is 19.6. The molecule has 0 aromatic carbocycles. The number of fused-ring (bicyclic) bond motifs is 1. The van der Waals surface area contributed by atoms with Gasteiger partial charge in [0.2, 0.25) is 5.88 Å². The van der Waals surface area contributed by atoms with E-state index in [0.29, 0.717) is 5.56 Å². The van der Waals surface area contributed by atoms with Gasteiger partial charge in [0.15, 0.2) is 5.58 Å². The molecule has 0 bridgehead atoms. The Bertz CT molecular complexity index is 1780. The van der Waals surface area contributed by atoms with Crippen molar-refractivity contribution in [2.45, 2.75) is 83.9 Å². The third kappa shape index (κ3) is 9.74. The van der Waals surface area contributed by atoms with E-state index in [1.165, 1.54) is 40.5 Å². The maximum absolute atomic E-state index is 14.1. The summed E-state index contributed by atoms with van der Waals surface area (Å²) in [7, 11) is 0. The van der Waals surface area contributed by atoms with Crippen LogP contribution < -0.4 is 20.9 Å². The molecule has 1 unspecified atom stereocenters. The van der Waals surface area contributed by atoms with Gasteiger partial charge in [0, 0.05) is 32.0 Å². The molecule has 2 aliphatic heterocycles. The number of carbonyl (C=O) groups excluding carboxylic acids is 3. The van der Waals surface area contributed by atoms with Gasteiger partial charge in [-0.05, 0) is 65.7 Å². The SMILES string of the molecule is CC(C)(C)OC(=O)Nc1oc2cc(CN3CC(F)(F)C3)cnc2c1C(=O)Nc1cnccc1N1CC(NC(=O)OC(C)(C)C)C[C@@H](C(F)(F)F)C1. The smallest absolute Gasteiger partial charge is 0.414 e. The van der Waals surface area contributed by atoms with E-state index in [4.69, 9.17) is 13.9 Å². The molecular weight excluding hydrogens is 685 g/mol. The number of ether oxygens (including phenoxy) is 2. The summed E-state index contributed by atoms with van der Waals surface area (Å²) < 4.78 is 85.6. The van der Waals surface area contributed by atoms with Crippen LogP contribution in [0.2, 0.25) is 0 Å². The Balaban J connectivity index is 1.44. The number of likely N-dealkylation sites (tertiary alicyclic amines) is 1. The summed E-state index contributed by atoms with van der Waals surface area (Å²) in [5.74, 6) is -5.80. The maximum Gasteiger partial charge on any atom is 0.414 e. The van der Waals surface area contributed by atoms with E-state index in [9.17, 15) is 36.3 Å². The van der Waals surface area contributed by atoms with E-state index >= 15 is 0 Å². The van der Waals surface area contributed by atoms with Gasteiger partial charge in [0.25, 0.3) is 11.8 Å². The van der Waals surface area contributed by atoms with Gasteiger partial charge in [0.05, 0.1) is 42.6 Å². The summed E-state index contributed by atoms with van der Waals surface area (Å²) in [6.45, 7) is 8.56. The molecule has 0 saturated carbocycles. The molecule has 2 fully saturated rings. The Morgan fingerprint density at radius 1 is 0.980 bits per heavy atom. The van der Waals surface area contributed by atoms with Crippen LogP contribution in [0.3, 0.4) is 0 Å². The summed E-state index contributed by atoms with van der Waals surface area (Å²) in [5, 5.41) is 7.60. The van der Waals surface area contributed by atoms with Crippen molar-refractivity contribution in [3.05, 3.63) is 41.9 Å². The molecule has 3 aromatic heterocycles. The molecule has 3 N–H and O–H groups in total. The first kappa shape index (κ1) is 37.5. The fourth-order valence-corrected chi connectivity index (χ4v) is 5.83. The van der Waals surface area contributed by atoms with Crippen molar-refractivity contribution in [3.8, 4) is 0 Å². The fraction of sp³-hybridized carbons (Fsp3) is 0.545. The predicted molar refractivity (Wildman–Crippen MR) is 176 cm³/mol. The molecule has 13 nitrogen and oxygen atoms in total. The molecule has 3 aromatic rings. The molecule has 278 valence electrons. The van der Waals surface area contributed by atoms with Crippen LogP contribution >= 0.6 is 0 Å². The number of nitrogens with one attached hydrogen (secondary N) is 3. The zero-order valence-corrected chi connectivity index (χ0v) is 28.9. The number of halogens is 5. The van der Waals surface area contributed by atoms with Gasteiger partial charge in [-0.15, -0.1) is 0 Å². The molecule has 2 saturated heterocycles. The number of amides is 3. The van der Waals surface area contributed by atoms with Crippen molar-refractivity contribution >= 4 is 46.5 Å². The van der Waals surface area contributed by atoms with Crippen molar-refractivity contribution < 1.29 is 50.2 Å². The van der Waals surface area contributed by atoms with Gasteiger partial charge in [0.1, 0.15) is 22.3 Å². The van der Waals surface area contributed by atoms with Gasteiger partial charge in [-0.3, -0.25) is 25.0 Å². The van der Waals surface area contributed by atoms with E-state index in [-0.39, 0.29) is 53.4 Å². The molecule has 51 heavy (non-hydrogen) atoms. The molecule has 2 atom stereocenters. The second-order valence-corrected chi connectivity index (χ2v) is 14.7. The standard InChI is InChI=1S/C33H40F5N7O6/c1-30(2,3)50-28(47)41-20-10-19(33(36,37)38)14-45(15-20)22-7-8-39-12-21(22)42-26(46)24-25-23(49-27(24)43-29(48)51-31(4,5)6)9-18(11-40-25)13-44-16-32(34,35)17-44/h7-9,11-12,19-20H,10,13-17H2,1-6H3,(H,41,47)(H,42,46)(H,43,48)/t19-,20?/m1/s1. The van der Waals surface area contributed by atoms with Gasteiger partial charge < -0.3 is 29.4 Å². The highest BCUT2D eigenvalue weighted by Gasteiger charge is 2.46. The topological polar surface area (TPSA) is 151 Å². The van der Waals surface area contributed by atoms with Crippen LogP contribution in [0.5, 0.6) is 0 Å². The summed E-state index contributed by atoms with van der Waals surface area (Å²) in [6, 6.07) is 1.98. The van der Waals surface area contributed by atoms with Crippen LogP contribution in [0, 0.1) is 5.92 Å². The van der Waals surface area contributed by atoms with E-state index in [2.05, 4.69) is 25.9 Å². The fourth-order valence-electron chi connectivity index (χ4n) is 5.83. The number of hydrogen-bond acceptors (Lipinski definition) is 10. The highest BCUT2D eigenvalue weighted by molar-refractivity contribution is 6.16. The van der Waals surface area contributed by atoms with Crippen molar-refractivity contribution in [2.24, 2.45) is 5.92 Å². The molecule has 0 radical (unpaired) electrons. The number of furan rings is 1. The van der Waals surface area contributed by atoms with Crippen LogP contribution in [0.15, 0.2) is 35.1 Å². The lowest BCUT2D eigenvalue weighted by molar-refractivity contribution is -0.177. The second kappa shape index (κ2) is 13.8. The number of carbonyl (C=O) groups is 3. The molecule has 3 amide bonds. The zero-order chi connectivity index (χ0) is 37.5. The third-order valence-electron chi connectivity index (χ3n) is 7.76. The van der Waals surface area contributed by atoms with Crippen LogP contribution in [-0.2, 0) is 16.0 Å². The lowest BCUT2D eigenvalue weighted by Crippen LogP contribution is -2.55. The highest BCUT2D eigenvalue weighted by Crippen LogP contribution is 2.38. The predicted octanol–water partition coefficient (Wildman–Crippen LogP) is 6.55. The average molecular weight is 726 g/mol. The summed E-state index contributed by atoms with van der Waals surface area (Å²) >= 11 is 0. The monoisotopic (exact) mass is 725 g/mol. The van der Waals surface area contributed by atoms with Crippen LogP contribution in [0.1, 0.15) is 63.9 Å². The molecule has 0 aliphatic carbocycles. The number of anilines is 3. The number of pyridine rings is 2. The third-order valence-corrected chi connectivity index (χ3v) is 7.76. The number of alkyl halides is 5. The average Bonchev–Trinajstić information content (AvgIpc) is 3.30. The molecule has 18 heteroatoms. The molecule has 5 rings (SSSR count). The summed E-state index contributed by atoms with van der Waals surface area (Å²) in [4.78, 5) is 50.5. The molecule has 2 aliphatic rings. The van der Waals surface area contributed by atoms with Crippen LogP contribution in [0.25, 0.3) is 11.1 Å². The first-order valence-electron chi connectivity index (χ1n) is 16.1. The lowest BCUT2D eigenvalue weighted by Gasteiger charge is -2.40. The van der Waals surface area contributed by atoms with Gasteiger partial charge >= 0.3 is 18.4 Å². The Hall–Kier alpha value is -4.74. The summed E-state index contributed by atoms with van der Waals surface area (Å²) in [5.41, 5.74) is -1.23. The number of alkyl carbamates (subject to hydrolysis) is 1. The first-order valence-corrected chi connectivity index (χ1v) is 16.1. The van der Waals surface area contributed by atoms with Crippen molar-refractivity contribution in [2.75, 3.05) is 41.7 Å². The van der Waals surface area contributed by atoms with E-state index in [1.807, 2.05) is 0 Å². The highest BCUT2D eigenvalue weighted by atomic mass is 19.4. The van der Waals surface area contributed by atoms with Crippen LogP contribution in [0.4, 0.5) is 48.8 Å². The second-order valence-electron chi connectivity index (χ2n) is 14.7. The minimum atomic E-state index is -4.60. The molecular formula is C33H40F5N7O6. The Morgan fingerprint density at radius 3 is 2.27 bits per heavy atom. The number of aromatic nitrogens is 2. The largest absolute Gasteiger partial charge is 0.444 e. The van der Waals surface area contributed by atoms with Crippen molar-refractivity contribution in [1.29, 1.82) is 0 Å². The van der Waals surface area contributed by atoms with Crippen molar-refractivity contribution in [3.63, 3.8) is 0 Å². The van der Waals surface area contributed by atoms with Crippen molar-refractivity contribution in [1.82, 2.24) is 20.2 Å². The number of rotatable bonds is 7. The molecule has 0 spiro atoms. The van der Waals surface area contributed by atoms with Gasteiger partial charge in [-0.1, -0.05) is 0 Å². The Morgan fingerprint density at radius 2 is 1.65 bits per heavy atom. The van der Waals surface area contributed by atoms with E-state index < -0.39 is 73.0 Å². The number of nitrogens with zero attached hydrogens (tertiary/aromatic N) is 4. The van der Waals surface area contributed by atoms with Gasteiger partial charge in [-0.25, -0.2) is 18.4 Å². The minimum absolute atomic E-state index is 0.0124. The Kier molecular flexibility index (Phi) is 10.1. The maximum atomic E-state index is 14.1. The van der Waals surface area contributed by atoms with E-state index in [0.717, 1.165) is 0 Å². The first-order chi connectivity index (χ1) is 23.5. The van der Waals surface area contributed by atoms with Crippen LogP contribution in [-0.4, -0.2) is 88.5 Å². The Labute approximate surface area is 290 Å². The van der Waals surface area contributed by atoms with E-state index in [1.54, 1.807) is 41.5 Å². The summed E-state index contributed by atoms with van der Waals surface area (Å²) in [6.07, 6.45) is -2.82.